The van der Waals surface area contributed by atoms with E-state index in [9.17, 15) is 9.59 Å². The molecule has 1 aromatic heterocycles. The average Bonchev–Trinajstić information content (AvgIpc) is 2.36. The second-order valence-corrected chi connectivity index (χ2v) is 5.76. The fourth-order valence-corrected chi connectivity index (χ4v) is 2.96. The zero-order valence-corrected chi connectivity index (χ0v) is 13.6. The zero-order valence-electron chi connectivity index (χ0n) is 12.0. The van der Waals surface area contributed by atoms with Crippen molar-refractivity contribution in [3.05, 3.63) is 55.7 Å². The number of nitrogens with zero attached hydrogens (tertiary/aromatic N) is 2. The van der Waals surface area contributed by atoms with E-state index in [1.807, 2.05) is 25.1 Å². The Kier molecular flexibility index (Phi) is 4.27. The number of hydrogen-bond acceptors (Lipinski definition) is 3. The number of aliphatic carboxylic acids is 1. The van der Waals surface area contributed by atoms with Crippen molar-refractivity contribution in [1.29, 1.82) is 0 Å². The van der Waals surface area contributed by atoms with Crippen LogP contribution in [0.4, 0.5) is 0 Å². The lowest BCUT2D eigenvalue weighted by Gasteiger charge is -2.16. The van der Waals surface area contributed by atoms with Gasteiger partial charge < -0.3 is 5.11 Å². The molecule has 110 valence electrons. The molecule has 0 aliphatic heterocycles. The molecule has 0 unspecified atom stereocenters. The first kappa shape index (κ1) is 15.4. The summed E-state index contributed by atoms with van der Waals surface area (Å²) in [5.41, 5.74) is 2.92. The molecule has 0 spiro atoms. The number of aryl methyl sites for hydroxylation is 2. The molecule has 6 heteroatoms. The maximum absolute atomic E-state index is 12.2. The number of rotatable bonds is 3. The summed E-state index contributed by atoms with van der Waals surface area (Å²) >= 11 is 3.44. The molecule has 0 bridgehead atoms. The lowest BCUT2D eigenvalue weighted by atomic mass is 10.1. The third-order valence-corrected chi connectivity index (χ3v) is 3.97. The van der Waals surface area contributed by atoms with Crippen LogP contribution < -0.4 is 5.69 Å². The maximum atomic E-state index is 12.2. The lowest BCUT2D eigenvalue weighted by Crippen LogP contribution is -2.27. The fraction of sp³-hybridized carbons (Fsp3) is 0.267. The maximum Gasteiger partial charge on any atom is 0.352 e. The largest absolute Gasteiger partial charge is 0.481 e. The molecule has 2 aromatic rings. The molecule has 2 rings (SSSR count). The van der Waals surface area contributed by atoms with Gasteiger partial charge in [0.05, 0.1) is 12.1 Å². The second-order valence-electron chi connectivity index (χ2n) is 4.90. The molecule has 21 heavy (non-hydrogen) atoms. The number of aromatic nitrogens is 2. The quantitative estimate of drug-likeness (QED) is 0.923. The van der Waals surface area contributed by atoms with Crippen molar-refractivity contribution in [3.63, 3.8) is 0 Å². The summed E-state index contributed by atoms with van der Waals surface area (Å²) in [6.45, 7) is 5.34. The van der Waals surface area contributed by atoms with E-state index in [-0.39, 0.29) is 6.42 Å². The van der Waals surface area contributed by atoms with Crippen LogP contribution in [0, 0.1) is 20.8 Å². The Morgan fingerprint density at radius 3 is 2.57 bits per heavy atom. The summed E-state index contributed by atoms with van der Waals surface area (Å²) in [6.07, 6.45) is -0.158. The van der Waals surface area contributed by atoms with E-state index < -0.39 is 11.7 Å². The Balaban J connectivity index is 2.74. The molecule has 0 saturated heterocycles. The molecule has 0 saturated carbocycles. The molecule has 0 aliphatic carbocycles. The van der Waals surface area contributed by atoms with Gasteiger partial charge in [-0.05, 0) is 54.4 Å². The van der Waals surface area contributed by atoms with E-state index in [4.69, 9.17) is 5.11 Å². The van der Waals surface area contributed by atoms with Crippen molar-refractivity contribution >= 4 is 21.9 Å². The van der Waals surface area contributed by atoms with Gasteiger partial charge in [-0.1, -0.05) is 6.07 Å². The number of hydrogen-bond donors (Lipinski definition) is 1. The summed E-state index contributed by atoms with van der Waals surface area (Å²) in [6, 6.07) is 5.61. The smallest absolute Gasteiger partial charge is 0.352 e. The van der Waals surface area contributed by atoms with Gasteiger partial charge in [0.25, 0.3) is 0 Å². The summed E-state index contributed by atoms with van der Waals surface area (Å²) in [4.78, 5) is 27.2. The molecule has 0 aliphatic rings. The standard InChI is InChI=1S/C15H15BrN2O3/c1-8-4-5-13(12(16)6-8)18-10(3)11(7-14(19)20)9(2)17-15(18)21/h4-6H,7H2,1-3H3,(H,19,20). The van der Waals surface area contributed by atoms with Crippen molar-refractivity contribution < 1.29 is 9.90 Å². The first-order chi connectivity index (χ1) is 9.81. The first-order valence-corrected chi connectivity index (χ1v) is 7.18. The van der Waals surface area contributed by atoms with Gasteiger partial charge in [0.2, 0.25) is 0 Å². The van der Waals surface area contributed by atoms with E-state index in [1.54, 1.807) is 13.8 Å². The van der Waals surface area contributed by atoms with Gasteiger partial charge in [0.15, 0.2) is 0 Å². The highest BCUT2D eigenvalue weighted by Gasteiger charge is 2.16. The predicted octanol–water partition coefficient (Wildman–Crippen LogP) is 2.55. The van der Waals surface area contributed by atoms with Crippen LogP contribution in [0.25, 0.3) is 5.69 Å². The molecule has 1 aromatic carbocycles. The Labute approximate surface area is 130 Å². The molecule has 5 nitrogen and oxygen atoms in total. The highest BCUT2D eigenvalue weighted by Crippen LogP contribution is 2.23. The Morgan fingerprint density at radius 1 is 1.33 bits per heavy atom. The average molecular weight is 351 g/mol. The minimum Gasteiger partial charge on any atom is -0.481 e. The van der Waals surface area contributed by atoms with Crippen molar-refractivity contribution in [2.75, 3.05) is 0 Å². The highest BCUT2D eigenvalue weighted by atomic mass is 79.9. The normalized spacial score (nSPS) is 10.7. The highest BCUT2D eigenvalue weighted by molar-refractivity contribution is 9.10. The molecule has 0 radical (unpaired) electrons. The number of carboxylic acids is 1. The van der Waals surface area contributed by atoms with Gasteiger partial charge in [-0.15, -0.1) is 0 Å². The molecular weight excluding hydrogens is 336 g/mol. The molecule has 0 fully saturated rings. The summed E-state index contributed by atoms with van der Waals surface area (Å²) < 4.78 is 2.20. The van der Waals surface area contributed by atoms with Crippen LogP contribution in [0.3, 0.4) is 0 Å². The van der Waals surface area contributed by atoms with Crippen LogP contribution in [-0.4, -0.2) is 20.6 Å². The van der Waals surface area contributed by atoms with Crippen molar-refractivity contribution in [3.8, 4) is 5.69 Å². The predicted molar refractivity (Wildman–Crippen MR) is 83.1 cm³/mol. The second kappa shape index (κ2) is 5.81. The van der Waals surface area contributed by atoms with Gasteiger partial charge in [-0.2, -0.15) is 4.98 Å². The van der Waals surface area contributed by atoms with E-state index >= 15 is 0 Å². The van der Waals surface area contributed by atoms with E-state index in [2.05, 4.69) is 20.9 Å². The molecule has 0 amide bonds. The molecular formula is C15H15BrN2O3. The van der Waals surface area contributed by atoms with Gasteiger partial charge >= 0.3 is 11.7 Å². The van der Waals surface area contributed by atoms with Crippen LogP contribution in [0.2, 0.25) is 0 Å². The van der Waals surface area contributed by atoms with E-state index in [0.29, 0.717) is 22.6 Å². The van der Waals surface area contributed by atoms with Crippen LogP contribution >= 0.6 is 15.9 Å². The van der Waals surface area contributed by atoms with Gasteiger partial charge in [0.1, 0.15) is 0 Å². The lowest BCUT2D eigenvalue weighted by molar-refractivity contribution is -0.136. The topological polar surface area (TPSA) is 72.2 Å². The molecule has 1 heterocycles. The van der Waals surface area contributed by atoms with Crippen LogP contribution in [-0.2, 0) is 11.2 Å². The van der Waals surface area contributed by atoms with Gasteiger partial charge in [0, 0.05) is 21.4 Å². The third kappa shape index (κ3) is 3.05. The zero-order chi connectivity index (χ0) is 15.7. The van der Waals surface area contributed by atoms with E-state index in [0.717, 1.165) is 10.0 Å². The Bertz CT molecular complexity index is 781. The molecule has 1 N–H and O–H groups in total. The summed E-state index contributed by atoms with van der Waals surface area (Å²) in [7, 11) is 0. The number of carbonyl (C=O) groups is 1. The number of halogens is 1. The monoisotopic (exact) mass is 350 g/mol. The van der Waals surface area contributed by atoms with Gasteiger partial charge in [-0.25, -0.2) is 4.79 Å². The minimum absolute atomic E-state index is 0.158. The van der Waals surface area contributed by atoms with Crippen LogP contribution in [0.1, 0.15) is 22.5 Å². The summed E-state index contributed by atoms with van der Waals surface area (Å²) in [5.74, 6) is -0.948. The van der Waals surface area contributed by atoms with Crippen molar-refractivity contribution in [1.82, 2.24) is 9.55 Å². The Morgan fingerprint density at radius 2 is 2.00 bits per heavy atom. The minimum atomic E-state index is -0.948. The first-order valence-electron chi connectivity index (χ1n) is 6.38. The van der Waals surface area contributed by atoms with Crippen LogP contribution in [0.5, 0.6) is 0 Å². The number of benzene rings is 1. The SMILES string of the molecule is Cc1ccc(-n2c(C)c(CC(=O)O)c(C)nc2=O)c(Br)c1. The number of carboxylic acid groups (broad SMARTS) is 1. The Hall–Kier alpha value is -1.95. The van der Waals surface area contributed by atoms with Crippen molar-refractivity contribution in [2.24, 2.45) is 0 Å². The van der Waals surface area contributed by atoms with E-state index in [1.165, 1.54) is 4.57 Å². The third-order valence-electron chi connectivity index (χ3n) is 3.34. The fourth-order valence-electron chi connectivity index (χ4n) is 2.29. The van der Waals surface area contributed by atoms with Crippen LogP contribution in [0.15, 0.2) is 27.5 Å². The molecule has 0 atom stereocenters. The summed E-state index contributed by atoms with van der Waals surface area (Å²) in [5, 5.41) is 9.01. The van der Waals surface area contributed by atoms with Gasteiger partial charge in [-0.3, -0.25) is 9.36 Å². The van der Waals surface area contributed by atoms with Crippen molar-refractivity contribution in [2.45, 2.75) is 27.2 Å².